The Bertz CT molecular complexity index is 1050. The van der Waals surface area contributed by atoms with Crippen LogP contribution in [0, 0.1) is 0 Å². The largest absolute Gasteiger partial charge is 0.362 e. The van der Waals surface area contributed by atoms with Crippen molar-refractivity contribution in [2.24, 2.45) is 0 Å². The number of aromatic nitrogens is 3. The lowest BCUT2D eigenvalue weighted by atomic mass is 10.1. The van der Waals surface area contributed by atoms with Gasteiger partial charge >= 0.3 is 0 Å². The van der Waals surface area contributed by atoms with E-state index in [0.29, 0.717) is 29.6 Å². The molecule has 1 aromatic carbocycles. The van der Waals surface area contributed by atoms with Crippen LogP contribution in [0.3, 0.4) is 0 Å². The summed E-state index contributed by atoms with van der Waals surface area (Å²) in [4.78, 5) is 20.9. The van der Waals surface area contributed by atoms with Crippen molar-refractivity contribution in [3.63, 3.8) is 0 Å². The van der Waals surface area contributed by atoms with Crippen LogP contribution in [-0.2, 0) is 14.4 Å². The van der Waals surface area contributed by atoms with Gasteiger partial charge in [-0.1, -0.05) is 16.3 Å². The summed E-state index contributed by atoms with van der Waals surface area (Å²) in [5.41, 5.74) is 3.07. The van der Waals surface area contributed by atoms with Gasteiger partial charge in [0.2, 0.25) is 10.2 Å². The van der Waals surface area contributed by atoms with Crippen molar-refractivity contribution in [3.8, 4) is 11.3 Å². The second-order valence-corrected chi connectivity index (χ2v) is 9.36. The molecule has 146 valence electrons. The van der Waals surface area contributed by atoms with Gasteiger partial charge in [-0.2, -0.15) is 4.55 Å². The smallest absolute Gasteiger partial charge is 0.251 e. The summed E-state index contributed by atoms with van der Waals surface area (Å²) >= 11 is 0. The maximum atomic E-state index is 12.1. The number of benzene rings is 1. The molecule has 1 aliphatic rings. The Hall–Kier alpha value is -2.78. The molecule has 0 bridgehead atoms. The number of nitrogens with zero attached hydrogens (tertiary/aromatic N) is 3. The Morgan fingerprint density at radius 2 is 2.04 bits per heavy atom. The molecule has 1 saturated carbocycles. The summed E-state index contributed by atoms with van der Waals surface area (Å²) in [6.45, 7) is 0.325. The lowest BCUT2D eigenvalue weighted by molar-refractivity contribution is 0.0951. The van der Waals surface area contributed by atoms with Crippen LogP contribution < -0.4 is 10.6 Å². The van der Waals surface area contributed by atoms with E-state index in [1.165, 1.54) is 6.26 Å². The van der Waals surface area contributed by atoms with E-state index < -0.39 is 10.2 Å². The SMILES string of the molecule is C[S+](=O)(O)CCNc1nccn2c(-c3ccc(C(=O)NC4CC4)cc3)cnc12. The average Bonchev–Trinajstić information content (AvgIpc) is 3.36. The van der Waals surface area contributed by atoms with Crippen LogP contribution in [0.25, 0.3) is 16.9 Å². The topological polar surface area (TPSA) is 109 Å². The highest BCUT2D eigenvalue weighted by Crippen LogP contribution is 2.24. The van der Waals surface area contributed by atoms with Crippen LogP contribution in [0.1, 0.15) is 23.2 Å². The number of carbonyl (C=O) groups is 1. The highest BCUT2D eigenvalue weighted by Gasteiger charge is 2.23. The standard InChI is InChI=1S/C19H21N5O3S/c1-28(26,27)11-9-21-17-18-22-12-16(24(18)10-8-20-17)13-2-4-14(5-3-13)19(25)23-15-6-7-15/h2-5,8,10,12,15H,6-7,9,11H2,1H3,(H2-,20,21,23,25,26,27)/p+1. The minimum atomic E-state index is -2.80. The fourth-order valence-corrected chi connectivity index (χ4v) is 3.39. The molecule has 1 amide bonds. The zero-order valence-corrected chi connectivity index (χ0v) is 16.3. The summed E-state index contributed by atoms with van der Waals surface area (Å²) in [6, 6.07) is 7.75. The molecule has 3 aromatic rings. The van der Waals surface area contributed by atoms with Crippen LogP contribution in [0.2, 0.25) is 0 Å². The molecular formula is C19H22N5O3S+. The first-order valence-corrected chi connectivity index (χ1v) is 11.2. The third kappa shape index (κ3) is 4.20. The van der Waals surface area contributed by atoms with Gasteiger partial charge in [0.1, 0.15) is 6.26 Å². The van der Waals surface area contributed by atoms with E-state index >= 15 is 0 Å². The van der Waals surface area contributed by atoms with E-state index in [9.17, 15) is 13.6 Å². The lowest BCUT2D eigenvalue weighted by Crippen LogP contribution is -2.25. The predicted octanol–water partition coefficient (Wildman–Crippen LogP) is 2.30. The maximum Gasteiger partial charge on any atom is 0.251 e. The first-order chi connectivity index (χ1) is 13.4. The molecule has 0 saturated heterocycles. The number of amides is 1. The molecule has 4 rings (SSSR count). The number of hydrogen-bond donors (Lipinski definition) is 3. The zero-order valence-electron chi connectivity index (χ0n) is 15.5. The van der Waals surface area contributed by atoms with Crippen LogP contribution in [0.15, 0.2) is 42.9 Å². The number of hydrogen-bond acceptors (Lipinski definition) is 5. The fourth-order valence-electron chi connectivity index (χ4n) is 2.91. The number of rotatable bonds is 7. The third-order valence-corrected chi connectivity index (χ3v) is 5.52. The van der Waals surface area contributed by atoms with E-state index in [-0.39, 0.29) is 11.7 Å². The van der Waals surface area contributed by atoms with Crippen molar-refractivity contribution in [1.29, 1.82) is 0 Å². The first kappa shape index (κ1) is 18.6. The van der Waals surface area contributed by atoms with Crippen molar-refractivity contribution >= 4 is 27.6 Å². The molecule has 28 heavy (non-hydrogen) atoms. The van der Waals surface area contributed by atoms with Crippen LogP contribution in [0.4, 0.5) is 5.82 Å². The quantitative estimate of drug-likeness (QED) is 0.525. The molecule has 1 unspecified atom stereocenters. The molecule has 0 aliphatic heterocycles. The molecule has 2 heterocycles. The Morgan fingerprint density at radius 1 is 1.29 bits per heavy atom. The van der Waals surface area contributed by atoms with Gasteiger partial charge in [-0.25, -0.2) is 9.97 Å². The van der Waals surface area contributed by atoms with Gasteiger partial charge < -0.3 is 10.6 Å². The van der Waals surface area contributed by atoms with Crippen molar-refractivity contribution in [1.82, 2.24) is 19.7 Å². The molecule has 1 atom stereocenters. The van der Waals surface area contributed by atoms with E-state index in [2.05, 4.69) is 20.6 Å². The Labute approximate surface area is 163 Å². The minimum absolute atomic E-state index is 0.0423. The summed E-state index contributed by atoms with van der Waals surface area (Å²) in [7, 11) is -2.80. The molecule has 1 aliphatic carbocycles. The van der Waals surface area contributed by atoms with Gasteiger partial charge in [-0.15, -0.1) is 0 Å². The Morgan fingerprint density at radius 3 is 2.71 bits per heavy atom. The third-order valence-electron chi connectivity index (χ3n) is 4.56. The fraction of sp³-hybridized carbons (Fsp3) is 0.316. The Balaban J connectivity index is 1.55. The molecule has 0 spiro atoms. The molecule has 3 N–H and O–H groups in total. The van der Waals surface area contributed by atoms with Crippen LogP contribution in [0.5, 0.6) is 0 Å². The van der Waals surface area contributed by atoms with E-state index in [4.69, 9.17) is 0 Å². The molecular weight excluding hydrogens is 378 g/mol. The van der Waals surface area contributed by atoms with Gasteiger partial charge in [0, 0.05) is 29.6 Å². The van der Waals surface area contributed by atoms with E-state index in [1.54, 1.807) is 12.4 Å². The first-order valence-electron chi connectivity index (χ1n) is 9.07. The van der Waals surface area contributed by atoms with Crippen molar-refractivity contribution in [2.45, 2.75) is 18.9 Å². The highest BCUT2D eigenvalue weighted by molar-refractivity contribution is 7.97. The summed E-state index contributed by atoms with van der Waals surface area (Å²) in [6.07, 6.45) is 8.64. The summed E-state index contributed by atoms with van der Waals surface area (Å²) in [5.74, 6) is 0.644. The monoisotopic (exact) mass is 400 g/mol. The summed E-state index contributed by atoms with van der Waals surface area (Å²) in [5, 5.41) is 6.05. The van der Waals surface area contributed by atoms with Gasteiger partial charge in [0.05, 0.1) is 18.4 Å². The van der Waals surface area contributed by atoms with Gasteiger partial charge in [0.25, 0.3) is 5.91 Å². The van der Waals surface area contributed by atoms with Crippen LogP contribution >= 0.6 is 0 Å². The average molecular weight is 400 g/mol. The Kier molecular flexibility index (Phi) is 4.86. The van der Waals surface area contributed by atoms with Gasteiger partial charge in [-0.05, 0) is 25.0 Å². The van der Waals surface area contributed by atoms with E-state index in [1.807, 2.05) is 34.9 Å². The number of carbonyl (C=O) groups excluding carboxylic acids is 1. The predicted molar refractivity (Wildman–Crippen MR) is 109 cm³/mol. The molecule has 0 radical (unpaired) electrons. The second kappa shape index (κ2) is 7.33. The van der Waals surface area contributed by atoms with E-state index in [0.717, 1.165) is 24.1 Å². The number of nitrogens with one attached hydrogen (secondary N) is 2. The molecule has 9 heteroatoms. The van der Waals surface area contributed by atoms with Crippen molar-refractivity contribution in [2.75, 3.05) is 23.9 Å². The number of anilines is 1. The highest BCUT2D eigenvalue weighted by atomic mass is 32.3. The van der Waals surface area contributed by atoms with Crippen LogP contribution in [-0.4, -0.2) is 49.4 Å². The molecule has 1 fully saturated rings. The van der Waals surface area contributed by atoms with Crippen molar-refractivity contribution in [3.05, 3.63) is 48.4 Å². The minimum Gasteiger partial charge on any atom is -0.362 e. The lowest BCUT2D eigenvalue weighted by Gasteiger charge is -2.08. The summed E-state index contributed by atoms with van der Waals surface area (Å²) < 4.78 is 22.7. The molecule has 2 aromatic heterocycles. The van der Waals surface area contributed by atoms with Gasteiger partial charge in [-0.3, -0.25) is 9.20 Å². The van der Waals surface area contributed by atoms with Crippen molar-refractivity contribution < 1.29 is 13.6 Å². The van der Waals surface area contributed by atoms with Gasteiger partial charge in [0.15, 0.2) is 17.2 Å². The zero-order chi connectivity index (χ0) is 19.7. The maximum absolute atomic E-state index is 12.1. The molecule has 8 nitrogen and oxygen atoms in total. The second-order valence-electron chi connectivity index (χ2n) is 7.03. The normalized spacial score (nSPS) is 15.9. The number of fused-ring (bicyclic) bond motifs is 1. The number of imidazole rings is 1.